The smallest absolute Gasteiger partial charge is 0.156 e. The lowest BCUT2D eigenvalue weighted by atomic mass is 9.51. The monoisotopic (exact) mass is 444 g/mol. The minimum atomic E-state index is -0.898. The first-order valence-corrected chi connectivity index (χ1v) is 12.5. The first kappa shape index (κ1) is 22.6. The van der Waals surface area contributed by atoms with Crippen molar-refractivity contribution in [1.29, 1.82) is 0 Å². The SMILES string of the molecule is C=C(C)c1ccc([C@H]2C[C@@]3(C)C(CC[C@@]3(O)/C=C\CO)C3CCC4=CC(=O)CCC4=C32)cc1. The van der Waals surface area contributed by atoms with Crippen molar-refractivity contribution in [1.82, 2.24) is 0 Å². The van der Waals surface area contributed by atoms with Crippen LogP contribution in [-0.4, -0.2) is 28.2 Å². The van der Waals surface area contributed by atoms with E-state index in [-0.39, 0.29) is 23.7 Å². The molecule has 5 atom stereocenters. The highest BCUT2D eigenvalue weighted by molar-refractivity contribution is 5.93. The summed E-state index contributed by atoms with van der Waals surface area (Å²) in [6.45, 7) is 8.35. The first-order valence-electron chi connectivity index (χ1n) is 12.5. The number of carbonyl (C=O) groups excluding carboxylic acids is 1. The zero-order valence-electron chi connectivity index (χ0n) is 19.9. The molecule has 5 rings (SSSR count). The standard InChI is InChI=1S/C30H36O3/c1-19(2)20-5-7-21(8-6-20)26-18-29(3)27(13-15-30(29,33)14-4-16-31)25-11-9-22-17-23(32)10-12-24(22)28(25)26/h4-8,14,17,25-27,31,33H,1,9-13,15-16,18H2,2-3H3/b14-4-/t25?,26-,27?,29+,30+/m1/s1. The molecular formula is C30H36O3. The summed E-state index contributed by atoms with van der Waals surface area (Å²) in [6.07, 6.45) is 11.6. The van der Waals surface area contributed by atoms with Gasteiger partial charge in [0.05, 0.1) is 12.2 Å². The van der Waals surface area contributed by atoms with Crippen LogP contribution in [0.15, 0.2) is 65.8 Å². The van der Waals surface area contributed by atoms with E-state index in [1.807, 2.05) is 19.1 Å². The number of hydrogen-bond donors (Lipinski definition) is 2. The Labute approximate surface area is 197 Å². The van der Waals surface area contributed by atoms with Crippen LogP contribution in [0.2, 0.25) is 0 Å². The molecule has 2 unspecified atom stereocenters. The zero-order valence-corrected chi connectivity index (χ0v) is 19.9. The maximum absolute atomic E-state index is 12.2. The lowest BCUT2D eigenvalue weighted by molar-refractivity contribution is -0.114. The Balaban J connectivity index is 1.66. The summed E-state index contributed by atoms with van der Waals surface area (Å²) in [6, 6.07) is 8.82. The van der Waals surface area contributed by atoms with Crippen LogP contribution in [-0.2, 0) is 4.79 Å². The van der Waals surface area contributed by atoms with Gasteiger partial charge >= 0.3 is 0 Å². The predicted octanol–water partition coefficient (Wildman–Crippen LogP) is 5.90. The van der Waals surface area contributed by atoms with Gasteiger partial charge in [0, 0.05) is 17.8 Å². The van der Waals surface area contributed by atoms with Crippen molar-refractivity contribution < 1.29 is 15.0 Å². The molecule has 1 aromatic rings. The van der Waals surface area contributed by atoms with Crippen LogP contribution in [0.25, 0.3) is 5.57 Å². The van der Waals surface area contributed by atoms with Gasteiger partial charge in [-0.2, -0.15) is 0 Å². The van der Waals surface area contributed by atoms with Crippen molar-refractivity contribution in [3.05, 3.63) is 76.9 Å². The van der Waals surface area contributed by atoms with Crippen molar-refractivity contribution in [3.63, 3.8) is 0 Å². The van der Waals surface area contributed by atoms with E-state index in [4.69, 9.17) is 0 Å². The number of ketones is 1. The molecule has 3 heteroatoms. The number of hydrogen-bond acceptors (Lipinski definition) is 3. The van der Waals surface area contributed by atoms with Crippen LogP contribution >= 0.6 is 0 Å². The summed E-state index contributed by atoms with van der Waals surface area (Å²) < 4.78 is 0. The molecule has 0 bridgehead atoms. The molecule has 2 fully saturated rings. The van der Waals surface area contributed by atoms with Gasteiger partial charge in [0.25, 0.3) is 0 Å². The van der Waals surface area contributed by atoms with Crippen molar-refractivity contribution in [2.45, 2.75) is 70.3 Å². The number of fused-ring (bicyclic) bond motifs is 4. The molecule has 2 N–H and O–H groups in total. The Hall–Kier alpha value is -2.23. The molecule has 0 amide bonds. The quantitative estimate of drug-likeness (QED) is 0.569. The van der Waals surface area contributed by atoms with E-state index in [0.29, 0.717) is 18.3 Å². The highest BCUT2D eigenvalue weighted by Gasteiger charge is 2.61. The van der Waals surface area contributed by atoms with Gasteiger partial charge in [-0.25, -0.2) is 0 Å². The van der Waals surface area contributed by atoms with Gasteiger partial charge in [-0.1, -0.05) is 61.1 Å². The van der Waals surface area contributed by atoms with Crippen molar-refractivity contribution in [2.24, 2.45) is 17.3 Å². The van der Waals surface area contributed by atoms with Crippen molar-refractivity contribution in [3.8, 4) is 0 Å². The third-order valence-electron chi connectivity index (χ3n) is 9.25. The average molecular weight is 445 g/mol. The largest absolute Gasteiger partial charge is 0.392 e. The van der Waals surface area contributed by atoms with E-state index in [2.05, 4.69) is 37.8 Å². The van der Waals surface area contributed by atoms with Crippen LogP contribution < -0.4 is 0 Å². The predicted molar refractivity (Wildman–Crippen MR) is 133 cm³/mol. The molecule has 1 aromatic carbocycles. The fourth-order valence-corrected chi connectivity index (χ4v) is 7.52. The molecule has 33 heavy (non-hydrogen) atoms. The minimum absolute atomic E-state index is 0.0459. The Morgan fingerprint density at radius 3 is 2.64 bits per heavy atom. The number of rotatable bonds is 4. The van der Waals surface area contributed by atoms with Crippen LogP contribution in [0.1, 0.15) is 75.8 Å². The summed E-state index contributed by atoms with van der Waals surface area (Å²) >= 11 is 0. The summed E-state index contributed by atoms with van der Waals surface area (Å²) in [5.74, 6) is 1.35. The molecule has 0 aliphatic heterocycles. The normalized spacial score (nSPS) is 35.8. The molecule has 0 heterocycles. The molecule has 0 aromatic heterocycles. The van der Waals surface area contributed by atoms with Gasteiger partial charge in [-0.3, -0.25) is 4.79 Å². The first-order chi connectivity index (χ1) is 15.8. The number of aliphatic hydroxyl groups is 2. The Bertz CT molecular complexity index is 1070. The molecule has 0 spiro atoms. The van der Waals surface area contributed by atoms with E-state index in [0.717, 1.165) is 49.7 Å². The Kier molecular flexibility index (Phi) is 5.61. The third kappa shape index (κ3) is 3.52. The molecule has 0 saturated heterocycles. The maximum Gasteiger partial charge on any atom is 0.156 e. The fraction of sp³-hybridized carbons (Fsp3) is 0.500. The van der Waals surface area contributed by atoms with Gasteiger partial charge < -0.3 is 10.2 Å². The van der Waals surface area contributed by atoms with Gasteiger partial charge in [0.2, 0.25) is 0 Å². The van der Waals surface area contributed by atoms with Crippen molar-refractivity contribution in [2.75, 3.05) is 6.61 Å². The lowest BCUT2D eigenvalue weighted by Gasteiger charge is -2.54. The van der Waals surface area contributed by atoms with E-state index < -0.39 is 5.60 Å². The van der Waals surface area contributed by atoms with Gasteiger partial charge in [-0.05, 0) is 85.6 Å². The van der Waals surface area contributed by atoms with E-state index in [1.54, 1.807) is 11.6 Å². The molecule has 4 aliphatic carbocycles. The molecule has 2 saturated carbocycles. The molecule has 4 aliphatic rings. The van der Waals surface area contributed by atoms with Crippen LogP contribution in [0, 0.1) is 17.3 Å². The summed E-state index contributed by atoms with van der Waals surface area (Å²) in [5.41, 5.74) is 6.60. The topological polar surface area (TPSA) is 57.5 Å². The second kappa shape index (κ2) is 8.21. The zero-order chi connectivity index (χ0) is 23.4. The Morgan fingerprint density at radius 1 is 1.18 bits per heavy atom. The van der Waals surface area contributed by atoms with Gasteiger partial charge in [0.15, 0.2) is 5.78 Å². The fourth-order valence-electron chi connectivity index (χ4n) is 7.52. The number of aliphatic hydroxyl groups excluding tert-OH is 1. The van der Waals surface area contributed by atoms with E-state index >= 15 is 0 Å². The summed E-state index contributed by atoms with van der Waals surface area (Å²) in [4.78, 5) is 12.2. The number of carbonyl (C=O) groups is 1. The van der Waals surface area contributed by atoms with Crippen LogP contribution in [0.3, 0.4) is 0 Å². The Morgan fingerprint density at radius 2 is 1.94 bits per heavy atom. The third-order valence-corrected chi connectivity index (χ3v) is 9.25. The second-order valence-electron chi connectivity index (χ2n) is 10.9. The highest BCUT2D eigenvalue weighted by Crippen LogP contribution is 2.67. The highest BCUT2D eigenvalue weighted by atomic mass is 16.3. The summed E-state index contributed by atoms with van der Waals surface area (Å²) in [5, 5.41) is 21.2. The minimum Gasteiger partial charge on any atom is -0.392 e. The van der Waals surface area contributed by atoms with Crippen LogP contribution in [0.5, 0.6) is 0 Å². The average Bonchev–Trinajstić information content (AvgIpc) is 3.07. The molecule has 0 radical (unpaired) electrons. The number of allylic oxidation sites excluding steroid dienone is 5. The maximum atomic E-state index is 12.2. The lowest BCUT2D eigenvalue weighted by Crippen LogP contribution is -2.50. The van der Waals surface area contributed by atoms with Gasteiger partial charge in [-0.15, -0.1) is 0 Å². The van der Waals surface area contributed by atoms with E-state index in [1.165, 1.54) is 16.7 Å². The molecular weight excluding hydrogens is 408 g/mol. The van der Waals surface area contributed by atoms with Crippen LogP contribution in [0.4, 0.5) is 0 Å². The van der Waals surface area contributed by atoms with Gasteiger partial charge in [0.1, 0.15) is 0 Å². The molecule has 3 nitrogen and oxygen atoms in total. The summed E-state index contributed by atoms with van der Waals surface area (Å²) in [7, 11) is 0. The van der Waals surface area contributed by atoms with E-state index in [9.17, 15) is 15.0 Å². The second-order valence-corrected chi connectivity index (χ2v) is 10.9. The molecule has 174 valence electrons. The van der Waals surface area contributed by atoms with Crippen molar-refractivity contribution >= 4 is 11.4 Å². The number of benzene rings is 1.